The summed E-state index contributed by atoms with van der Waals surface area (Å²) in [5.74, 6) is -0.0978. The quantitative estimate of drug-likeness (QED) is 0.812. The molecule has 0 spiro atoms. The van der Waals surface area contributed by atoms with E-state index in [2.05, 4.69) is 15.3 Å². The minimum atomic E-state index is -0.229. The Balaban J connectivity index is 2.31. The molecule has 2 aromatic rings. The largest absolute Gasteiger partial charge is 0.359 e. The molecule has 1 heterocycles. The second-order valence-corrected chi connectivity index (χ2v) is 3.70. The van der Waals surface area contributed by atoms with Crippen molar-refractivity contribution in [2.24, 2.45) is 0 Å². The van der Waals surface area contributed by atoms with Crippen molar-refractivity contribution in [1.29, 1.82) is 0 Å². The van der Waals surface area contributed by atoms with Gasteiger partial charge in [-0.1, -0.05) is 12.1 Å². The topological polar surface area (TPSA) is 74.8 Å². The van der Waals surface area contributed by atoms with Crippen LogP contribution in [0.4, 0.5) is 0 Å². The first-order valence-electron chi connectivity index (χ1n) is 5.39. The molecule has 5 nitrogen and oxygen atoms in total. The Morgan fingerprint density at radius 2 is 2.18 bits per heavy atom. The van der Waals surface area contributed by atoms with Crippen molar-refractivity contribution in [1.82, 2.24) is 15.3 Å². The van der Waals surface area contributed by atoms with Gasteiger partial charge in [-0.3, -0.25) is 9.59 Å². The SMILES string of the molecule is CNC(=O)CCc1nc2ccccc2[nH]c1=O. The molecule has 1 amide bonds. The van der Waals surface area contributed by atoms with Crippen molar-refractivity contribution in [3.05, 3.63) is 40.3 Å². The number of para-hydroxylation sites is 2. The van der Waals surface area contributed by atoms with Gasteiger partial charge in [0.1, 0.15) is 5.69 Å². The van der Waals surface area contributed by atoms with Gasteiger partial charge in [-0.15, -0.1) is 0 Å². The normalized spacial score (nSPS) is 10.4. The average Bonchev–Trinajstić information content (AvgIpc) is 2.35. The lowest BCUT2D eigenvalue weighted by atomic mass is 10.2. The van der Waals surface area contributed by atoms with E-state index in [9.17, 15) is 9.59 Å². The van der Waals surface area contributed by atoms with Crippen LogP contribution in [0.3, 0.4) is 0 Å². The Bertz CT molecular complexity index is 604. The van der Waals surface area contributed by atoms with Crippen LogP contribution in [0, 0.1) is 0 Å². The second-order valence-electron chi connectivity index (χ2n) is 3.70. The number of amides is 1. The maximum atomic E-state index is 11.7. The van der Waals surface area contributed by atoms with Crippen LogP contribution in [0.5, 0.6) is 0 Å². The van der Waals surface area contributed by atoms with E-state index in [1.165, 1.54) is 0 Å². The highest BCUT2D eigenvalue weighted by atomic mass is 16.1. The minimum absolute atomic E-state index is 0.0978. The van der Waals surface area contributed by atoms with Crippen molar-refractivity contribution in [2.45, 2.75) is 12.8 Å². The second kappa shape index (κ2) is 4.78. The standard InChI is InChI=1S/C12H13N3O2/c1-13-11(16)7-6-10-12(17)15-9-5-3-2-4-8(9)14-10/h2-5H,6-7H2,1H3,(H,13,16)(H,15,17). The molecule has 0 radical (unpaired) electrons. The number of benzene rings is 1. The van der Waals surface area contributed by atoms with Crippen LogP contribution in [-0.4, -0.2) is 22.9 Å². The van der Waals surface area contributed by atoms with E-state index < -0.39 is 0 Å². The summed E-state index contributed by atoms with van der Waals surface area (Å²) in [7, 11) is 1.57. The summed E-state index contributed by atoms with van der Waals surface area (Å²) in [6, 6.07) is 7.32. The molecule has 88 valence electrons. The molecule has 0 unspecified atom stereocenters. The lowest BCUT2D eigenvalue weighted by Gasteiger charge is -2.02. The number of hydrogen-bond acceptors (Lipinski definition) is 3. The van der Waals surface area contributed by atoms with E-state index >= 15 is 0 Å². The van der Waals surface area contributed by atoms with Crippen LogP contribution in [-0.2, 0) is 11.2 Å². The van der Waals surface area contributed by atoms with Gasteiger partial charge >= 0.3 is 0 Å². The third kappa shape index (κ3) is 2.50. The van der Waals surface area contributed by atoms with Gasteiger partial charge in [0.2, 0.25) is 5.91 Å². The number of nitrogens with zero attached hydrogens (tertiary/aromatic N) is 1. The summed E-state index contributed by atoms with van der Waals surface area (Å²) in [6.45, 7) is 0. The molecule has 0 bridgehead atoms. The average molecular weight is 231 g/mol. The summed E-state index contributed by atoms with van der Waals surface area (Å²) in [5, 5.41) is 2.51. The highest BCUT2D eigenvalue weighted by Crippen LogP contribution is 2.06. The number of carbonyl (C=O) groups excluding carboxylic acids is 1. The third-order valence-electron chi connectivity index (χ3n) is 2.54. The smallest absolute Gasteiger partial charge is 0.270 e. The van der Waals surface area contributed by atoms with Crippen molar-refractivity contribution in [3.63, 3.8) is 0 Å². The fourth-order valence-electron chi connectivity index (χ4n) is 1.59. The van der Waals surface area contributed by atoms with E-state index in [1.54, 1.807) is 13.1 Å². The van der Waals surface area contributed by atoms with E-state index in [-0.39, 0.29) is 17.9 Å². The summed E-state index contributed by atoms with van der Waals surface area (Å²) >= 11 is 0. The zero-order valence-corrected chi connectivity index (χ0v) is 9.49. The van der Waals surface area contributed by atoms with Gasteiger partial charge in [0.15, 0.2) is 0 Å². The van der Waals surface area contributed by atoms with Gasteiger partial charge in [-0.25, -0.2) is 4.98 Å². The molecule has 1 aromatic heterocycles. The molecular weight excluding hydrogens is 218 g/mol. The van der Waals surface area contributed by atoms with Crippen molar-refractivity contribution in [2.75, 3.05) is 7.05 Å². The Labute approximate surface area is 97.9 Å². The van der Waals surface area contributed by atoms with Gasteiger partial charge in [0, 0.05) is 19.9 Å². The van der Waals surface area contributed by atoms with Crippen LogP contribution in [0.25, 0.3) is 11.0 Å². The number of fused-ring (bicyclic) bond motifs is 1. The fraction of sp³-hybridized carbons (Fsp3) is 0.250. The van der Waals surface area contributed by atoms with E-state index in [4.69, 9.17) is 0 Å². The van der Waals surface area contributed by atoms with Crippen LogP contribution in [0.1, 0.15) is 12.1 Å². The predicted molar refractivity (Wildman–Crippen MR) is 64.8 cm³/mol. The zero-order chi connectivity index (χ0) is 12.3. The molecule has 0 saturated heterocycles. The van der Waals surface area contributed by atoms with Gasteiger partial charge in [-0.05, 0) is 12.1 Å². The molecule has 0 aliphatic heterocycles. The van der Waals surface area contributed by atoms with Crippen LogP contribution in [0.15, 0.2) is 29.1 Å². The first-order valence-corrected chi connectivity index (χ1v) is 5.39. The number of nitrogens with one attached hydrogen (secondary N) is 2. The molecular formula is C12H13N3O2. The maximum Gasteiger partial charge on any atom is 0.270 e. The van der Waals surface area contributed by atoms with Gasteiger partial charge in [0.05, 0.1) is 11.0 Å². The lowest BCUT2D eigenvalue weighted by Crippen LogP contribution is -2.21. The molecule has 17 heavy (non-hydrogen) atoms. The number of aromatic amines is 1. The monoisotopic (exact) mass is 231 g/mol. The highest BCUT2D eigenvalue weighted by molar-refractivity contribution is 5.76. The number of rotatable bonds is 3. The van der Waals surface area contributed by atoms with E-state index in [1.807, 2.05) is 18.2 Å². The number of aromatic nitrogens is 2. The molecule has 1 aromatic carbocycles. The first kappa shape index (κ1) is 11.3. The number of H-pyrrole nitrogens is 1. The summed E-state index contributed by atoms with van der Waals surface area (Å²) in [4.78, 5) is 29.8. The molecule has 0 aliphatic rings. The van der Waals surface area contributed by atoms with Crippen LogP contribution < -0.4 is 10.9 Å². The molecule has 2 N–H and O–H groups in total. The summed E-state index contributed by atoms with van der Waals surface area (Å²) in [6.07, 6.45) is 0.616. The van der Waals surface area contributed by atoms with Crippen molar-refractivity contribution in [3.8, 4) is 0 Å². The summed E-state index contributed by atoms with van der Waals surface area (Å²) < 4.78 is 0. The molecule has 0 saturated carbocycles. The van der Waals surface area contributed by atoms with Crippen LogP contribution in [0.2, 0.25) is 0 Å². The first-order chi connectivity index (χ1) is 8.20. The zero-order valence-electron chi connectivity index (χ0n) is 9.49. The highest BCUT2D eigenvalue weighted by Gasteiger charge is 2.06. The third-order valence-corrected chi connectivity index (χ3v) is 2.54. The number of carbonyl (C=O) groups is 1. The maximum absolute atomic E-state index is 11.7. The van der Waals surface area contributed by atoms with Gasteiger partial charge in [0.25, 0.3) is 5.56 Å². The number of hydrogen-bond donors (Lipinski definition) is 2. The fourth-order valence-corrected chi connectivity index (χ4v) is 1.59. The molecule has 0 fully saturated rings. The molecule has 5 heteroatoms. The molecule has 2 rings (SSSR count). The van der Waals surface area contributed by atoms with E-state index in [0.29, 0.717) is 17.6 Å². The Kier molecular flexibility index (Phi) is 3.18. The number of aryl methyl sites for hydroxylation is 1. The predicted octanol–water partition coefficient (Wildman–Crippen LogP) is 0.602. The van der Waals surface area contributed by atoms with Crippen LogP contribution >= 0.6 is 0 Å². The Hall–Kier alpha value is -2.17. The minimum Gasteiger partial charge on any atom is -0.359 e. The Morgan fingerprint density at radius 1 is 1.41 bits per heavy atom. The molecule has 0 aliphatic carbocycles. The summed E-state index contributed by atoms with van der Waals surface area (Å²) in [5.41, 5.74) is 1.61. The van der Waals surface area contributed by atoms with Gasteiger partial charge in [-0.2, -0.15) is 0 Å². The van der Waals surface area contributed by atoms with Crippen molar-refractivity contribution < 1.29 is 4.79 Å². The molecule has 0 atom stereocenters. The lowest BCUT2D eigenvalue weighted by molar-refractivity contribution is -0.120. The Morgan fingerprint density at radius 3 is 2.94 bits per heavy atom. The van der Waals surface area contributed by atoms with E-state index in [0.717, 1.165) is 5.52 Å². The van der Waals surface area contributed by atoms with Gasteiger partial charge < -0.3 is 10.3 Å². The van der Waals surface area contributed by atoms with Crippen molar-refractivity contribution >= 4 is 16.9 Å².